The number of hydrogen-bond acceptors (Lipinski definition) is 4. The highest BCUT2D eigenvalue weighted by Crippen LogP contribution is 2.22. The van der Waals surface area contributed by atoms with Crippen molar-refractivity contribution >= 4 is 21.6 Å². The molecular weight excluding hydrogens is 246 g/mol. The van der Waals surface area contributed by atoms with Gasteiger partial charge in [-0.2, -0.15) is 0 Å². The number of H-pyrrole nitrogens is 1. The third-order valence-corrected chi connectivity index (χ3v) is 3.75. The predicted molar refractivity (Wildman–Crippen MR) is 72.9 cm³/mol. The Morgan fingerprint density at radius 3 is 2.83 bits per heavy atom. The quantitative estimate of drug-likeness (QED) is 0.729. The Hall–Kier alpha value is -2.01. The second kappa shape index (κ2) is 4.03. The lowest BCUT2D eigenvalue weighted by Crippen LogP contribution is -2.09. The normalized spacial score (nSPS) is 11.0. The highest BCUT2D eigenvalue weighted by Gasteiger charge is 2.10. The van der Waals surface area contributed by atoms with Crippen molar-refractivity contribution in [2.24, 2.45) is 0 Å². The number of nitrogens with zero attached hydrogens (tertiary/aromatic N) is 2. The summed E-state index contributed by atoms with van der Waals surface area (Å²) in [5.41, 5.74) is 2.46. The standard InChI is InChI=1S/C13H11N3OS/c1-7-6-18-13-10(7)12(17)15-11(16-13)9-5-3-4-8(2)14-9/h3-6H,1-2H3,(H,15,16,17). The average molecular weight is 257 g/mol. The van der Waals surface area contributed by atoms with E-state index in [0.717, 1.165) is 16.1 Å². The molecule has 5 heteroatoms. The lowest BCUT2D eigenvalue weighted by Gasteiger charge is -2.01. The molecule has 3 aromatic heterocycles. The van der Waals surface area contributed by atoms with Crippen molar-refractivity contribution in [2.75, 3.05) is 0 Å². The van der Waals surface area contributed by atoms with Gasteiger partial charge in [-0.15, -0.1) is 11.3 Å². The molecule has 3 aromatic rings. The van der Waals surface area contributed by atoms with E-state index in [2.05, 4.69) is 15.0 Å². The van der Waals surface area contributed by atoms with Gasteiger partial charge in [0, 0.05) is 5.69 Å². The van der Waals surface area contributed by atoms with E-state index in [-0.39, 0.29) is 5.56 Å². The minimum Gasteiger partial charge on any atom is -0.305 e. The van der Waals surface area contributed by atoms with Gasteiger partial charge in [0.1, 0.15) is 10.5 Å². The zero-order chi connectivity index (χ0) is 12.7. The van der Waals surface area contributed by atoms with Gasteiger partial charge in [0.25, 0.3) is 5.56 Å². The number of nitrogens with one attached hydrogen (secondary N) is 1. The maximum Gasteiger partial charge on any atom is 0.260 e. The summed E-state index contributed by atoms with van der Waals surface area (Å²) >= 11 is 1.48. The van der Waals surface area contributed by atoms with Crippen molar-refractivity contribution in [3.8, 4) is 11.5 Å². The molecule has 0 atom stereocenters. The Balaban J connectivity index is 2.28. The van der Waals surface area contributed by atoms with E-state index in [4.69, 9.17) is 0 Å². The fraction of sp³-hybridized carbons (Fsp3) is 0.154. The number of fused-ring (bicyclic) bond motifs is 1. The summed E-state index contributed by atoms with van der Waals surface area (Å²) in [4.78, 5) is 24.4. The van der Waals surface area contributed by atoms with Crippen LogP contribution in [0.15, 0.2) is 28.4 Å². The molecular formula is C13H11N3OS. The lowest BCUT2D eigenvalue weighted by molar-refractivity contribution is 1.12. The largest absolute Gasteiger partial charge is 0.305 e. The van der Waals surface area contributed by atoms with Crippen LogP contribution < -0.4 is 5.56 Å². The maximum absolute atomic E-state index is 12.0. The molecule has 0 radical (unpaired) electrons. The second-order valence-electron chi connectivity index (χ2n) is 4.18. The first-order chi connectivity index (χ1) is 8.65. The van der Waals surface area contributed by atoms with E-state index in [1.165, 1.54) is 11.3 Å². The van der Waals surface area contributed by atoms with Gasteiger partial charge in [-0.25, -0.2) is 9.97 Å². The molecule has 0 aliphatic rings. The summed E-state index contributed by atoms with van der Waals surface area (Å²) in [7, 11) is 0. The Morgan fingerprint density at radius 1 is 1.22 bits per heavy atom. The van der Waals surface area contributed by atoms with Gasteiger partial charge in [-0.05, 0) is 36.9 Å². The van der Waals surface area contributed by atoms with Crippen LogP contribution in [0.25, 0.3) is 21.7 Å². The fourth-order valence-corrected chi connectivity index (χ4v) is 2.81. The molecule has 0 aromatic carbocycles. The molecule has 1 N–H and O–H groups in total. The van der Waals surface area contributed by atoms with E-state index < -0.39 is 0 Å². The van der Waals surface area contributed by atoms with E-state index in [0.29, 0.717) is 16.9 Å². The summed E-state index contributed by atoms with van der Waals surface area (Å²) in [5.74, 6) is 0.526. The van der Waals surface area contributed by atoms with Crippen LogP contribution in [0.1, 0.15) is 11.3 Å². The van der Waals surface area contributed by atoms with Crippen LogP contribution in [0.5, 0.6) is 0 Å². The van der Waals surface area contributed by atoms with Crippen LogP contribution in [-0.2, 0) is 0 Å². The van der Waals surface area contributed by atoms with Crippen LogP contribution in [0.3, 0.4) is 0 Å². The number of aromatic amines is 1. The molecule has 0 fully saturated rings. The predicted octanol–water partition coefficient (Wildman–Crippen LogP) is 2.66. The molecule has 3 heterocycles. The van der Waals surface area contributed by atoms with E-state index in [9.17, 15) is 4.79 Å². The van der Waals surface area contributed by atoms with E-state index in [1.54, 1.807) is 0 Å². The van der Waals surface area contributed by atoms with E-state index in [1.807, 2.05) is 37.4 Å². The van der Waals surface area contributed by atoms with Crippen molar-refractivity contribution in [3.05, 3.63) is 45.2 Å². The molecule has 4 nitrogen and oxygen atoms in total. The molecule has 90 valence electrons. The Morgan fingerprint density at radius 2 is 2.06 bits per heavy atom. The third-order valence-electron chi connectivity index (χ3n) is 2.76. The lowest BCUT2D eigenvalue weighted by atomic mass is 10.2. The first-order valence-corrected chi connectivity index (χ1v) is 6.45. The van der Waals surface area contributed by atoms with Crippen LogP contribution in [0.2, 0.25) is 0 Å². The van der Waals surface area contributed by atoms with Gasteiger partial charge in [0.05, 0.1) is 5.39 Å². The smallest absolute Gasteiger partial charge is 0.260 e. The zero-order valence-corrected chi connectivity index (χ0v) is 10.8. The topological polar surface area (TPSA) is 58.6 Å². The van der Waals surface area contributed by atoms with Gasteiger partial charge in [-0.1, -0.05) is 6.07 Å². The molecule has 3 rings (SSSR count). The monoisotopic (exact) mass is 257 g/mol. The molecule has 0 amide bonds. The summed E-state index contributed by atoms with van der Waals surface area (Å²) in [6.07, 6.45) is 0. The number of thiophene rings is 1. The Kier molecular flexibility index (Phi) is 2.48. The zero-order valence-electron chi connectivity index (χ0n) is 10.0. The van der Waals surface area contributed by atoms with Gasteiger partial charge in [0.2, 0.25) is 0 Å². The Labute approximate surface area is 107 Å². The van der Waals surface area contributed by atoms with Crippen molar-refractivity contribution < 1.29 is 0 Å². The first-order valence-electron chi connectivity index (χ1n) is 5.57. The fourth-order valence-electron chi connectivity index (χ4n) is 1.88. The number of rotatable bonds is 1. The van der Waals surface area contributed by atoms with E-state index >= 15 is 0 Å². The molecule has 0 spiro atoms. The summed E-state index contributed by atoms with van der Waals surface area (Å²) < 4.78 is 0. The molecule has 0 unspecified atom stereocenters. The van der Waals surface area contributed by atoms with Crippen molar-refractivity contribution in [2.45, 2.75) is 13.8 Å². The molecule has 18 heavy (non-hydrogen) atoms. The molecule has 0 saturated carbocycles. The van der Waals surface area contributed by atoms with Gasteiger partial charge >= 0.3 is 0 Å². The number of aromatic nitrogens is 3. The second-order valence-corrected chi connectivity index (χ2v) is 5.04. The van der Waals surface area contributed by atoms with Crippen molar-refractivity contribution in [1.82, 2.24) is 15.0 Å². The minimum absolute atomic E-state index is 0.0999. The SMILES string of the molecule is Cc1cccc(-c2nc3scc(C)c3c(=O)[nH]2)n1. The highest BCUT2D eigenvalue weighted by molar-refractivity contribution is 7.16. The first kappa shape index (κ1) is 11.1. The molecule has 0 bridgehead atoms. The number of pyridine rings is 1. The van der Waals surface area contributed by atoms with Crippen LogP contribution in [-0.4, -0.2) is 15.0 Å². The highest BCUT2D eigenvalue weighted by atomic mass is 32.1. The number of hydrogen-bond donors (Lipinski definition) is 1. The Bertz CT molecular complexity index is 788. The molecule has 0 saturated heterocycles. The minimum atomic E-state index is -0.0999. The van der Waals surface area contributed by atoms with Gasteiger partial charge in [0.15, 0.2) is 5.82 Å². The summed E-state index contributed by atoms with van der Waals surface area (Å²) in [6.45, 7) is 3.83. The van der Waals surface area contributed by atoms with Crippen LogP contribution in [0, 0.1) is 13.8 Å². The van der Waals surface area contributed by atoms with Crippen molar-refractivity contribution in [1.29, 1.82) is 0 Å². The third kappa shape index (κ3) is 1.73. The van der Waals surface area contributed by atoms with Crippen LogP contribution in [0.4, 0.5) is 0 Å². The average Bonchev–Trinajstić information content (AvgIpc) is 2.71. The van der Waals surface area contributed by atoms with Crippen molar-refractivity contribution in [3.63, 3.8) is 0 Å². The summed E-state index contributed by atoms with van der Waals surface area (Å²) in [5, 5.41) is 2.62. The van der Waals surface area contributed by atoms with Crippen LogP contribution >= 0.6 is 11.3 Å². The molecule has 0 aliphatic heterocycles. The molecule has 0 aliphatic carbocycles. The number of aryl methyl sites for hydroxylation is 2. The van der Waals surface area contributed by atoms with Gasteiger partial charge < -0.3 is 4.98 Å². The maximum atomic E-state index is 12.0. The van der Waals surface area contributed by atoms with Gasteiger partial charge in [-0.3, -0.25) is 4.79 Å². The summed E-state index contributed by atoms with van der Waals surface area (Å²) in [6, 6.07) is 5.66.